The Morgan fingerprint density at radius 1 is 1.54 bits per heavy atom. The van der Waals surface area contributed by atoms with Gasteiger partial charge in [0.05, 0.1) is 5.75 Å². The van der Waals surface area contributed by atoms with Crippen molar-refractivity contribution in [3.8, 4) is 0 Å². The zero-order valence-corrected chi connectivity index (χ0v) is 9.44. The Balaban J connectivity index is 2.19. The number of rotatable bonds is 4. The van der Waals surface area contributed by atoms with Crippen LogP contribution in [-0.2, 0) is 9.05 Å². The normalized spacial score (nSPS) is 25.2. The van der Waals surface area contributed by atoms with Gasteiger partial charge < -0.3 is 4.90 Å². The fourth-order valence-electron chi connectivity index (χ4n) is 1.76. The van der Waals surface area contributed by atoms with Crippen molar-refractivity contribution in [2.45, 2.75) is 32.2 Å². The molecule has 5 heteroatoms. The molecule has 13 heavy (non-hydrogen) atoms. The lowest BCUT2D eigenvalue weighted by Crippen LogP contribution is -2.28. The number of likely N-dealkylation sites (tertiary alicyclic amines) is 1. The van der Waals surface area contributed by atoms with E-state index in [0.29, 0.717) is 12.5 Å². The monoisotopic (exact) mass is 225 g/mol. The molecule has 0 unspecified atom stereocenters. The average Bonchev–Trinajstić information content (AvgIpc) is 2.34. The number of halogens is 1. The highest BCUT2D eigenvalue weighted by Gasteiger charge is 2.19. The molecular formula is C8H16ClNO2S. The zero-order valence-electron chi connectivity index (χ0n) is 7.87. The minimum absolute atomic E-state index is 0.0950. The van der Waals surface area contributed by atoms with Crippen LogP contribution >= 0.6 is 10.7 Å². The molecular weight excluding hydrogens is 210 g/mol. The smallest absolute Gasteiger partial charge is 0.232 e. The van der Waals surface area contributed by atoms with Gasteiger partial charge in [0, 0.05) is 16.7 Å². The van der Waals surface area contributed by atoms with E-state index in [2.05, 4.69) is 11.8 Å². The maximum Gasteiger partial charge on any atom is 0.232 e. The SMILES string of the molecule is C[C@@H]1CCCN1CCCS(=O)(=O)Cl. The van der Waals surface area contributed by atoms with Crippen LogP contribution in [0.1, 0.15) is 26.2 Å². The van der Waals surface area contributed by atoms with Crippen molar-refractivity contribution in [2.24, 2.45) is 0 Å². The second-order valence-corrected chi connectivity index (χ2v) is 6.52. The van der Waals surface area contributed by atoms with Gasteiger partial charge in [-0.05, 0) is 39.3 Å². The van der Waals surface area contributed by atoms with Gasteiger partial charge in [-0.25, -0.2) is 8.42 Å². The molecule has 0 spiro atoms. The second-order valence-electron chi connectivity index (χ2n) is 3.62. The van der Waals surface area contributed by atoms with E-state index in [1.165, 1.54) is 12.8 Å². The minimum Gasteiger partial charge on any atom is -0.301 e. The van der Waals surface area contributed by atoms with Gasteiger partial charge in [0.15, 0.2) is 0 Å². The third-order valence-electron chi connectivity index (χ3n) is 2.52. The third kappa shape index (κ3) is 4.29. The first-order valence-corrected chi connectivity index (χ1v) is 7.13. The van der Waals surface area contributed by atoms with E-state index in [9.17, 15) is 8.42 Å². The van der Waals surface area contributed by atoms with Crippen LogP contribution in [0.4, 0.5) is 0 Å². The third-order valence-corrected chi connectivity index (χ3v) is 3.76. The molecule has 78 valence electrons. The summed E-state index contributed by atoms with van der Waals surface area (Å²) in [6.45, 7) is 4.14. The lowest BCUT2D eigenvalue weighted by Gasteiger charge is -2.20. The molecule has 3 nitrogen and oxygen atoms in total. The van der Waals surface area contributed by atoms with Crippen molar-refractivity contribution in [3.05, 3.63) is 0 Å². The molecule has 0 bridgehead atoms. The summed E-state index contributed by atoms with van der Waals surface area (Å²) in [4.78, 5) is 2.32. The summed E-state index contributed by atoms with van der Waals surface area (Å²) in [6, 6.07) is 0.609. The molecule has 1 aliphatic heterocycles. The Morgan fingerprint density at radius 2 is 2.23 bits per heavy atom. The van der Waals surface area contributed by atoms with Gasteiger partial charge in [-0.1, -0.05) is 0 Å². The first-order chi connectivity index (χ1) is 5.99. The molecule has 1 heterocycles. The standard InChI is InChI=1S/C8H16ClNO2S/c1-8-4-2-5-10(8)6-3-7-13(9,11)12/h8H,2-7H2,1H3/t8-/m1/s1. The Morgan fingerprint density at radius 3 is 2.69 bits per heavy atom. The van der Waals surface area contributed by atoms with Crippen LogP contribution in [0.2, 0.25) is 0 Å². The van der Waals surface area contributed by atoms with Crippen molar-refractivity contribution < 1.29 is 8.42 Å². The highest BCUT2D eigenvalue weighted by atomic mass is 35.7. The molecule has 1 fully saturated rings. The Hall–Kier alpha value is 0.200. The summed E-state index contributed by atoms with van der Waals surface area (Å²) in [7, 11) is 1.82. The van der Waals surface area contributed by atoms with Gasteiger partial charge in [0.25, 0.3) is 0 Å². The summed E-state index contributed by atoms with van der Waals surface area (Å²) in [5.74, 6) is 0.0950. The minimum atomic E-state index is -3.29. The molecule has 1 aliphatic rings. The van der Waals surface area contributed by atoms with Crippen molar-refractivity contribution in [1.82, 2.24) is 4.90 Å². The molecule has 0 aromatic carbocycles. The van der Waals surface area contributed by atoms with Crippen molar-refractivity contribution in [3.63, 3.8) is 0 Å². The van der Waals surface area contributed by atoms with Crippen LogP contribution in [0.5, 0.6) is 0 Å². The fraction of sp³-hybridized carbons (Fsp3) is 1.00. The maximum atomic E-state index is 10.6. The van der Waals surface area contributed by atoms with Gasteiger partial charge in [0.2, 0.25) is 9.05 Å². The number of hydrogen-bond acceptors (Lipinski definition) is 3. The predicted molar refractivity (Wildman–Crippen MR) is 54.5 cm³/mol. The van der Waals surface area contributed by atoms with E-state index in [4.69, 9.17) is 10.7 Å². The van der Waals surface area contributed by atoms with Crippen LogP contribution in [-0.4, -0.2) is 38.2 Å². The summed E-state index contributed by atoms with van der Waals surface area (Å²) < 4.78 is 21.3. The Labute approximate surface area is 84.5 Å². The quantitative estimate of drug-likeness (QED) is 0.680. The molecule has 1 rings (SSSR count). The van der Waals surface area contributed by atoms with Gasteiger partial charge >= 0.3 is 0 Å². The number of nitrogens with zero attached hydrogens (tertiary/aromatic N) is 1. The largest absolute Gasteiger partial charge is 0.301 e. The van der Waals surface area contributed by atoms with Gasteiger partial charge in [-0.15, -0.1) is 0 Å². The van der Waals surface area contributed by atoms with Crippen LogP contribution in [0, 0.1) is 0 Å². The molecule has 0 radical (unpaired) electrons. The van der Waals surface area contributed by atoms with E-state index in [1.54, 1.807) is 0 Å². The van der Waals surface area contributed by atoms with Crippen LogP contribution in [0.3, 0.4) is 0 Å². The first-order valence-electron chi connectivity index (χ1n) is 4.65. The zero-order chi connectivity index (χ0) is 9.90. The Bertz CT molecular complexity index is 253. The summed E-state index contributed by atoms with van der Waals surface area (Å²) in [5.41, 5.74) is 0. The van der Waals surface area contributed by atoms with Gasteiger partial charge in [-0.3, -0.25) is 0 Å². The lowest BCUT2D eigenvalue weighted by molar-refractivity contribution is 0.270. The average molecular weight is 226 g/mol. The molecule has 0 saturated carbocycles. The van der Waals surface area contributed by atoms with Crippen molar-refractivity contribution in [1.29, 1.82) is 0 Å². The highest BCUT2D eigenvalue weighted by Crippen LogP contribution is 2.16. The summed E-state index contributed by atoms with van der Waals surface area (Å²) >= 11 is 0. The van der Waals surface area contributed by atoms with E-state index in [0.717, 1.165) is 13.1 Å². The Kier molecular flexibility index (Phi) is 4.01. The molecule has 0 aromatic rings. The topological polar surface area (TPSA) is 37.4 Å². The highest BCUT2D eigenvalue weighted by molar-refractivity contribution is 8.13. The van der Waals surface area contributed by atoms with E-state index in [-0.39, 0.29) is 5.75 Å². The fourth-order valence-corrected chi connectivity index (χ4v) is 2.57. The summed E-state index contributed by atoms with van der Waals surface area (Å²) in [6.07, 6.45) is 3.11. The van der Waals surface area contributed by atoms with Crippen LogP contribution in [0.25, 0.3) is 0 Å². The molecule has 1 saturated heterocycles. The number of hydrogen-bond donors (Lipinski definition) is 0. The molecule has 0 N–H and O–H groups in total. The van der Waals surface area contributed by atoms with Gasteiger partial charge in [0.1, 0.15) is 0 Å². The van der Waals surface area contributed by atoms with Crippen LogP contribution < -0.4 is 0 Å². The van der Waals surface area contributed by atoms with Crippen LogP contribution in [0.15, 0.2) is 0 Å². The van der Waals surface area contributed by atoms with Crippen molar-refractivity contribution >= 4 is 19.7 Å². The van der Waals surface area contributed by atoms with Gasteiger partial charge in [-0.2, -0.15) is 0 Å². The molecule has 0 aliphatic carbocycles. The summed E-state index contributed by atoms with van der Waals surface area (Å²) in [5, 5.41) is 0. The maximum absolute atomic E-state index is 10.6. The molecule has 0 aromatic heterocycles. The van der Waals surface area contributed by atoms with E-state index < -0.39 is 9.05 Å². The molecule has 0 amide bonds. The van der Waals surface area contributed by atoms with E-state index >= 15 is 0 Å². The lowest BCUT2D eigenvalue weighted by atomic mass is 10.2. The van der Waals surface area contributed by atoms with E-state index in [1.807, 2.05) is 0 Å². The molecule has 1 atom stereocenters. The first kappa shape index (κ1) is 11.3. The second kappa shape index (κ2) is 4.62. The van der Waals surface area contributed by atoms with Crippen molar-refractivity contribution in [2.75, 3.05) is 18.8 Å². The predicted octanol–water partition coefficient (Wildman–Crippen LogP) is 1.43.